The van der Waals surface area contributed by atoms with Crippen molar-refractivity contribution in [2.24, 2.45) is 0 Å². The molecule has 6 heteroatoms. The highest BCUT2D eigenvalue weighted by Gasteiger charge is 2.03. The number of ether oxygens (including phenoxy) is 3. The van der Waals surface area contributed by atoms with E-state index in [1.807, 2.05) is 0 Å². The highest BCUT2D eigenvalue weighted by Crippen LogP contribution is 2.06. The zero-order valence-electron chi connectivity index (χ0n) is 15.4. The van der Waals surface area contributed by atoms with E-state index in [0.29, 0.717) is 26.2 Å². The van der Waals surface area contributed by atoms with Gasteiger partial charge in [-0.1, -0.05) is 45.4 Å². The first-order valence-corrected chi connectivity index (χ1v) is 9.25. The summed E-state index contributed by atoms with van der Waals surface area (Å²) in [4.78, 5) is 22.8. The van der Waals surface area contributed by atoms with E-state index in [2.05, 4.69) is 12.2 Å². The minimum Gasteiger partial charge on any atom is -0.466 e. The van der Waals surface area contributed by atoms with E-state index >= 15 is 0 Å². The Bertz CT molecular complexity index is 310. The van der Waals surface area contributed by atoms with Crippen LogP contribution in [-0.2, 0) is 19.0 Å². The second-order valence-electron chi connectivity index (χ2n) is 5.85. The summed E-state index contributed by atoms with van der Waals surface area (Å²) in [7, 11) is 1.56. The van der Waals surface area contributed by atoms with Gasteiger partial charge < -0.3 is 19.5 Å². The Morgan fingerprint density at radius 1 is 0.792 bits per heavy atom. The number of hydrogen-bond acceptors (Lipinski definition) is 5. The Kier molecular flexibility index (Phi) is 17.1. The van der Waals surface area contributed by atoms with Crippen LogP contribution < -0.4 is 5.32 Å². The fraction of sp³-hybridized carbons (Fsp3) is 0.889. The minimum absolute atomic E-state index is 0.115. The molecule has 0 aromatic carbocycles. The van der Waals surface area contributed by atoms with Gasteiger partial charge in [0.1, 0.15) is 6.61 Å². The molecule has 0 aliphatic rings. The number of carbonyl (C=O) groups excluding carboxylic acids is 2. The molecule has 6 nitrogen and oxygen atoms in total. The van der Waals surface area contributed by atoms with Crippen LogP contribution in [0.4, 0.5) is 4.79 Å². The number of methoxy groups -OCH3 is 1. The lowest BCUT2D eigenvalue weighted by Crippen LogP contribution is -2.26. The number of amides is 1. The number of rotatable bonds is 16. The first-order chi connectivity index (χ1) is 11.7. The molecule has 0 bridgehead atoms. The van der Waals surface area contributed by atoms with Gasteiger partial charge in [0.2, 0.25) is 0 Å². The molecule has 0 aromatic rings. The number of carbonyl (C=O) groups is 2. The Morgan fingerprint density at radius 3 is 2.25 bits per heavy atom. The highest BCUT2D eigenvalue weighted by atomic mass is 16.6. The van der Waals surface area contributed by atoms with Crippen LogP contribution in [0.25, 0.3) is 0 Å². The maximum Gasteiger partial charge on any atom is 0.407 e. The monoisotopic (exact) mass is 345 g/mol. The quantitative estimate of drug-likeness (QED) is 0.340. The van der Waals surface area contributed by atoms with Crippen LogP contribution in [0.15, 0.2) is 0 Å². The normalized spacial score (nSPS) is 10.4. The van der Waals surface area contributed by atoms with E-state index in [9.17, 15) is 9.59 Å². The van der Waals surface area contributed by atoms with Crippen molar-refractivity contribution < 1.29 is 23.8 Å². The molecule has 0 saturated heterocycles. The lowest BCUT2D eigenvalue weighted by molar-refractivity contribution is -0.143. The Balaban J connectivity index is 3.27. The van der Waals surface area contributed by atoms with Gasteiger partial charge in [0.05, 0.1) is 13.2 Å². The largest absolute Gasteiger partial charge is 0.466 e. The Labute approximate surface area is 146 Å². The van der Waals surface area contributed by atoms with Gasteiger partial charge in [0.25, 0.3) is 0 Å². The average molecular weight is 345 g/mol. The Morgan fingerprint density at radius 2 is 1.50 bits per heavy atom. The maximum absolute atomic E-state index is 11.5. The molecule has 0 aliphatic heterocycles. The molecule has 0 saturated carbocycles. The van der Waals surface area contributed by atoms with Crippen molar-refractivity contribution in [2.45, 2.75) is 71.1 Å². The predicted molar refractivity (Wildman–Crippen MR) is 94.0 cm³/mol. The van der Waals surface area contributed by atoms with Gasteiger partial charge in [-0.15, -0.1) is 0 Å². The number of unbranched alkanes of at least 4 members (excludes halogenated alkanes) is 7. The topological polar surface area (TPSA) is 73.9 Å². The van der Waals surface area contributed by atoms with E-state index < -0.39 is 6.09 Å². The van der Waals surface area contributed by atoms with E-state index in [0.717, 1.165) is 32.1 Å². The zero-order valence-corrected chi connectivity index (χ0v) is 15.4. The van der Waals surface area contributed by atoms with Gasteiger partial charge in [0.15, 0.2) is 0 Å². The molecule has 0 spiro atoms. The molecule has 1 N–H and O–H groups in total. The fourth-order valence-electron chi connectivity index (χ4n) is 2.17. The summed E-state index contributed by atoms with van der Waals surface area (Å²) in [5, 5.41) is 2.66. The van der Waals surface area contributed by atoms with Crippen LogP contribution in [0.2, 0.25) is 0 Å². The smallest absolute Gasteiger partial charge is 0.407 e. The van der Waals surface area contributed by atoms with E-state index in [1.165, 1.54) is 25.7 Å². The molecule has 0 fully saturated rings. The van der Waals surface area contributed by atoms with Crippen LogP contribution in [0, 0.1) is 0 Å². The second-order valence-corrected chi connectivity index (χ2v) is 5.85. The van der Waals surface area contributed by atoms with Gasteiger partial charge in [0, 0.05) is 20.1 Å². The molecule has 0 radical (unpaired) electrons. The summed E-state index contributed by atoms with van der Waals surface area (Å²) in [6.07, 6.45) is 9.66. The van der Waals surface area contributed by atoms with Crippen molar-refractivity contribution in [1.82, 2.24) is 5.32 Å². The molecule has 1 amide bonds. The molecule has 0 aliphatic carbocycles. The van der Waals surface area contributed by atoms with Gasteiger partial charge >= 0.3 is 12.1 Å². The highest BCUT2D eigenvalue weighted by molar-refractivity contribution is 5.69. The number of esters is 1. The fourth-order valence-corrected chi connectivity index (χ4v) is 2.17. The van der Waals surface area contributed by atoms with E-state index in [-0.39, 0.29) is 12.6 Å². The molecule has 24 heavy (non-hydrogen) atoms. The summed E-state index contributed by atoms with van der Waals surface area (Å²) in [5.41, 5.74) is 0. The molecular weight excluding hydrogens is 310 g/mol. The molecule has 0 heterocycles. The summed E-state index contributed by atoms with van der Waals surface area (Å²) in [6, 6.07) is 0. The average Bonchev–Trinajstić information content (AvgIpc) is 2.57. The van der Waals surface area contributed by atoms with Crippen molar-refractivity contribution in [3.05, 3.63) is 0 Å². The van der Waals surface area contributed by atoms with Gasteiger partial charge in [-0.3, -0.25) is 4.79 Å². The molecule has 142 valence electrons. The summed E-state index contributed by atoms with van der Waals surface area (Å²) >= 11 is 0. The molecule has 0 unspecified atom stereocenters. The maximum atomic E-state index is 11.5. The Hall–Kier alpha value is -1.30. The van der Waals surface area contributed by atoms with Crippen molar-refractivity contribution in [2.75, 3.05) is 33.5 Å². The van der Waals surface area contributed by atoms with Crippen molar-refractivity contribution in [3.63, 3.8) is 0 Å². The lowest BCUT2D eigenvalue weighted by Gasteiger charge is -2.07. The minimum atomic E-state index is -0.426. The lowest BCUT2D eigenvalue weighted by atomic mass is 10.1. The third-order valence-corrected chi connectivity index (χ3v) is 3.61. The third kappa shape index (κ3) is 17.1. The molecule has 0 rings (SSSR count). The van der Waals surface area contributed by atoms with Crippen molar-refractivity contribution in [3.8, 4) is 0 Å². The van der Waals surface area contributed by atoms with E-state index in [4.69, 9.17) is 14.2 Å². The summed E-state index contributed by atoms with van der Waals surface area (Å²) in [5.74, 6) is -0.115. The molecule has 0 atom stereocenters. The van der Waals surface area contributed by atoms with Crippen LogP contribution in [-0.4, -0.2) is 45.5 Å². The number of hydrogen-bond donors (Lipinski definition) is 1. The second kappa shape index (κ2) is 18.0. The van der Waals surface area contributed by atoms with E-state index in [1.54, 1.807) is 7.11 Å². The molecule has 0 aromatic heterocycles. The van der Waals surface area contributed by atoms with Crippen molar-refractivity contribution >= 4 is 12.1 Å². The summed E-state index contributed by atoms with van der Waals surface area (Å²) < 4.78 is 14.9. The molecular formula is C18H35NO5. The SMILES string of the molecule is CCCCCCCCOC(=O)CCCCCNC(=O)OCCOC. The van der Waals surface area contributed by atoms with Gasteiger partial charge in [-0.2, -0.15) is 0 Å². The van der Waals surface area contributed by atoms with Crippen LogP contribution >= 0.6 is 0 Å². The third-order valence-electron chi connectivity index (χ3n) is 3.61. The number of alkyl carbamates (subject to hydrolysis) is 1. The predicted octanol–water partition coefficient (Wildman–Crippen LogP) is 3.82. The first-order valence-electron chi connectivity index (χ1n) is 9.25. The van der Waals surface area contributed by atoms with Crippen molar-refractivity contribution in [1.29, 1.82) is 0 Å². The van der Waals surface area contributed by atoms with Crippen LogP contribution in [0.1, 0.15) is 71.1 Å². The van der Waals surface area contributed by atoms with Gasteiger partial charge in [-0.05, 0) is 19.3 Å². The standard InChI is InChI=1S/C18H35NO5/c1-3-4-5-6-7-11-14-23-17(20)12-9-8-10-13-19-18(21)24-16-15-22-2/h3-16H2,1-2H3,(H,19,21). The van der Waals surface area contributed by atoms with Gasteiger partial charge in [-0.25, -0.2) is 4.79 Å². The zero-order chi connectivity index (χ0) is 17.9. The number of nitrogens with one attached hydrogen (secondary N) is 1. The van der Waals surface area contributed by atoms with Crippen LogP contribution in [0.5, 0.6) is 0 Å². The summed E-state index contributed by atoms with van der Waals surface area (Å²) in [6.45, 7) is 3.95. The van der Waals surface area contributed by atoms with Crippen LogP contribution in [0.3, 0.4) is 0 Å². The first kappa shape index (κ1) is 22.7.